The van der Waals surface area contributed by atoms with Gasteiger partial charge in [-0.2, -0.15) is 0 Å². The molecule has 0 aliphatic heterocycles. The fraction of sp³-hybridized carbons (Fsp3) is 0.500. The molecule has 1 aromatic rings. The molecule has 1 unspecified atom stereocenters. The number of carbonyl (C=O) groups excluding carboxylic acids is 2. The van der Waals surface area contributed by atoms with Gasteiger partial charge in [-0.05, 0) is 44.9 Å². The Labute approximate surface area is 131 Å². The number of anilines is 2. The largest absolute Gasteiger partial charge is 0.469 e. The van der Waals surface area contributed by atoms with Gasteiger partial charge in [0.25, 0.3) is 0 Å². The molecule has 1 amide bonds. The summed E-state index contributed by atoms with van der Waals surface area (Å²) in [6.07, 6.45) is -0.0619. The van der Waals surface area contributed by atoms with E-state index >= 15 is 0 Å². The number of hydrogen-bond acceptors (Lipinski definition) is 5. The Morgan fingerprint density at radius 1 is 1.32 bits per heavy atom. The minimum atomic E-state index is -0.564. The Bertz CT molecular complexity index is 550. The normalized spacial score (nSPS) is 12.4. The Morgan fingerprint density at radius 2 is 1.95 bits per heavy atom. The highest BCUT2D eigenvalue weighted by atomic mass is 16.6. The molecule has 22 heavy (non-hydrogen) atoms. The molecule has 0 spiro atoms. The van der Waals surface area contributed by atoms with Gasteiger partial charge in [-0.25, -0.2) is 4.79 Å². The quantitative estimate of drug-likeness (QED) is 0.659. The number of ether oxygens (including phenoxy) is 2. The molecule has 0 aliphatic carbocycles. The third-order valence-corrected chi connectivity index (χ3v) is 2.92. The molecule has 0 radical (unpaired) electrons. The summed E-state index contributed by atoms with van der Waals surface area (Å²) in [5.74, 6) is -0.563. The van der Waals surface area contributed by atoms with Gasteiger partial charge in [0, 0.05) is 11.4 Å². The van der Waals surface area contributed by atoms with Gasteiger partial charge in [-0.15, -0.1) is 0 Å². The van der Waals surface area contributed by atoms with Crippen LogP contribution < -0.4 is 11.1 Å². The van der Waals surface area contributed by atoms with Gasteiger partial charge in [0.05, 0.1) is 13.0 Å². The van der Waals surface area contributed by atoms with Crippen molar-refractivity contribution in [2.75, 3.05) is 18.2 Å². The van der Waals surface area contributed by atoms with E-state index in [1.165, 1.54) is 7.11 Å². The number of nitrogen functional groups attached to an aromatic ring is 1. The summed E-state index contributed by atoms with van der Waals surface area (Å²) in [6, 6.07) is 5.14. The zero-order valence-electron chi connectivity index (χ0n) is 13.7. The predicted octanol–water partition coefficient (Wildman–Crippen LogP) is 2.97. The number of hydrogen-bond donors (Lipinski definition) is 2. The zero-order chi connectivity index (χ0) is 16.9. The van der Waals surface area contributed by atoms with E-state index in [1.807, 2.05) is 0 Å². The van der Waals surface area contributed by atoms with E-state index in [9.17, 15) is 9.59 Å². The summed E-state index contributed by atoms with van der Waals surface area (Å²) in [5, 5.41) is 2.62. The summed E-state index contributed by atoms with van der Waals surface area (Å²) < 4.78 is 9.86. The fourth-order valence-corrected chi connectivity index (χ4v) is 1.89. The molecule has 1 rings (SSSR count). The van der Waals surface area contributed by atoms with E-state index in [2.05, 4.69) is 5.32 Å². The Morgan fingerprint density at radius 3 is 2.45 bits per heavy atom. The van der Waals surface area contributed by atoms with Crippen LogP contribution in [0.25, 0.3) is 0 Å². The van der Waals surface area contributed by atoms with Gasteiger partial charge >= 0.3 is 12.1 Å². The zero-order valence-corrected chi connectivity index (χ0v) is 13.7. The minimum Gasteiger partial charge on any atom is -0.469 e. The van der Waals surface area contributed by atoms with Crippen molar-refractivity contribution in [3.05, 3.63) is 23.8 Å². The molecule has 6 nitrogen and oxygen atoms in total. The maximum absolute atomic E-state index is 11.7. The van der Waals surface area contributed by atoms with E-state index in [-0.39, 0.29) is 11.9 Å². The van der Waals surface area contributed by atoms with Crippen LogP contribution in [0.2, 0.25) is 0 Å². The predicted molar refractivity (Wildman–Crippen MR) is 85.6 cm³/mol. The molecule has 122 valence electrons. The lowest BCUT2D eigenvalue weighted by Gasteiger charge is -2.20. The van der Waals surface area contributed by atoms with Gasteiger partial charge in [-0.1, -0.05) is 13.0 Å². The van der Waals surface area contributed by atoms with Crippen LogP contribution in [0.3, 0.4) is 0 Å². The second kappa shape index (κ2) is 7.15. The number of benzene rings is 1. The van der Waals surface area contributed by atoms with Gasteiger partial charge in [0.15, 0.2) is 0 Å². The van der Waals surface area contributed by atoms with Crippen molar-refractivity contribution in [3.63, 3.8) is 0 Å². The number of nitrogens with one attached hydrogen (secondary N) is 1. The van der Waals surface area contributed by atoms with Crippen molar-refractivity contribution in [1.82, 2.24) is 0 Å². The highest BCUT2D eigenvalue weighted by Crippen LogP contribution is 2.22. The number of nitrogens with two attached hydrogens (primary N) is 1. The Kier molecular flexibility index (Phi) is 5.79. The molecule has 6 heteroatoms. The summed E-state index contributed by atoms with van der Waals surface area (Å²) >= 11 is 0. The maximum Gasteiger partial charge on any atom is 0.412 e. The van der Waals surface area contributed by atoms with E-state index in [4.69, 9.17) is 15.2 Å². The molecule has 0 fully saturated rings. The van der Waals surface area contributed by atoms with E-state index < -0.39 is 11.7 Å². The average Bonchev–Trinajstić information content (AvgIpc) is 2.38. The third kappa shape index (κ3) is 5.63. The number of rotatable bonds is 4. The van der Waals surface area contributed by atoms with Crippen LogP contribution in [0.4, 0.5) is 16.2 Å². The van der Waals surface area contributed by atoms with Gasteiger partial charge in [-0.3, -0.25) is 10.1 Å². The van der Waals surface area contributed by atoms with Gasteiger partial charge < -0.3 is 15.2 Å². The van der Waals surface area contributed by atoms with Crippen LogP contribution in [0.1, 0.15) is 33.3 Å². The number of methoxy groups -OCH3 is 1. The molecule has 0 heterocycles. The molecule has 3 N–H and O–H groups in total. The van der Waals surface area contributed by atoms with Gasteiger partial charge in [0.1, 0.15) is 5.60 Å². The lowest BCUT2D eigenvalue weighted by atomic mass is 9.99. The first-order chi connectivity index (χ1) is 10.1. The first-order valence-corrected chi connectivity index (χ1v) is 7.08. The maximum atomic E-state index is 11.7. The summed E-state index contributed by atoms with van der Waals surface area (Å²) in [7, 11) is 1.36. The molecule has 0 aromatic heterocycles. The van der Waals surface area contributed by atoms with E-state index in [1.54, 1.807) is 45.9 Å². The highest BCUT2D eigenvalue weighted by Gasteiger charge is 2.18. The van der Waals surface area contributed by atoms with Crippen molar-refractivity contribution in [3.8, 4) is 0 Å². The molecule has 0 saturated carbocycles. The molecular formula is C16H24N2O4. The van der Waals surface area contributed by atoms with Crippen molar-refractivity contribution in [2.45, 2.75) is 39.7 Å². The summed E-state index contributed by atoms with van der Waals surface area (Å²) in [4.78, 5) is 23.1. The van der Waals surface area contributed by atoms with Crippen molar-refractivity contribution < 1.29 is 19.1 Å². The molecular weight excluding hydrogens is 284 g/mol. The molecule has 1 aromatic carbocycles. The minimum absolute atomic E-state index is 0.281. The third-order valence-electron chi connectivity index (χ3n) is 2.92. The molecule has 1 atom stereocenters. The second-order valence-corrected chi connectivity index (χ2v) is 6.17. The van der Waals surface area contributed by atoms with Crippen LogP contribution in [0.5, 0.6) is 0 Å². The van der Waals surface area contributed by atoms with Crippen LogP contribution in [0.15, 0.2) is 18.2 Å². The number of esters is 1. The van der Waals surface area contributed by atoms with Crippen molar-refractivity contribution in [2.24, 2.45) is 5.92 Å². The summed E-state index contributed by atoms with van der Waals surface area (Å²) in [6.45, 7) is 7.15. The Hall–Kier alpha value is -2.24. The number of amides is 1. The van der Waals surface area contributed by atoms with E-state index in [0.717, 1.165) is 5.56 Å². The van der Waals surface area contributed by atoms with Crippen LogP contribution >= 0.6 is 0 Å². The lowest BCUT2D eigenvalue weighted by molar-refractivity contribution is -0.144. The fourth-order valence-electron chi connectivity index (χ4n) is 1.89. The highest BCUT2D eigenvalue weighted by molar-refractivity contribution is 5.85. The number of carbonyl (C=O) groups is 2. The Balaban J connectivity index is 2.73. The van der Waals surface area contributed by atoms with Gasteiger partial charge in [0.2, 0.25) is 0 Å². The topological polar surface area (TPSA) is 90.6 Å². The second-order valence-electron chi connectivity index (χ2n) is 6.17. The van der Waals surface area contributed by atoms with Crippen molar-refractivity contribution >= 4 is 23.4 Å². The first kappa shape index (κ1) is 17.8. The SMILES string of the molecule is COC(=O)C(C)Cc1ccc(NC(=O)OC(C)(C)C)cc1N. The molecule has 0 bridgehead atoms. The van der Waals surface area contributed by atoms with Crippen LogP contribution in [0, 0.1) is 5.92 Å². The molecule has 0 aliphatic rings. The smallest absolute Gasteiger partial charge is 0.412 e. The van der Waals surface area contributed by atoms with Crippen LogP contribution in [-0.2, 0) is 20.7 Å². The monoisotopic (exact) mass is 308 g/mol. The van der Waals surface area contributed by atoms with E-state index in [0.29, 0.717) is 17.8 Å². The van der Waals surface area contributed by atoms with Crippen molar-refractivity contribution in [1.29, 1.82) is 0 Å². The first-order valence-electron chi connectivity index (χ1n) is 7.08. The summed E-state index contributed by atoms with van der Waals surface area (Å²) in [5.41, 5.74) is 7.28. The molecule has 0 saturated heterocycles. The lowest BCUT2D eigenvalue weighted by Crippen LogP contribution is -2.27. The average molecular weight is 308 g/mol. The van der Waals surface area contributed by atoms with Crippen LogP contribution in [-0.4, -0.2) is 24.8 Å². The standard InChI is InChI=1S/C16H24N2O4/c1-10(14(19)21-5)8-11-6-7-12(9-13(11)17)18-15(20)22-16(2,3)4/h6-7,9-10H,8,17H2,1-5H3,(H,18,20).